The van der Waals surface area contributed by atoms with E-state index in [4.69, 9.17) is 0 Å². The largest absolute Gasteiger partial charge is 0.416 e. The van der Waals surface area contributed by atoms with Gasteiger partial charge in [-0.2, -0.15) is 13.2 Å². The van der Waals surface area contributed by atoms with E-state index in [9.17, 15) is 22.8 Å². The minimum atomic E-state index is -4.44. The average molecular weight is 484 g/mol. The number of aryl methyl sites for hydroxylation is 1. The van der Waals surface area contributed by atoms with E-state index in [1.54, 1.807) is 0 Å². The number of nitrogens with one attached hydrogen (secondary N) is 2. The summed E-state index contributed by atoms with van der Waals surface area (Å²) in [5.41, 5.74) is 3.99. The molecule has 1 atom stereocenters. The van der Waals surface area contributed by atoms with Crippen LogP contribution in [-0.4, -0.2) is 32.0 Å². The fourth-order valence-electron chi connectivity index (χ4n) is 3.72. The van der Waals surface area contributed by atoms with E-state index in [1.807, 2.05) is 19.2 Å². The molecular formula is C27H28F3N3O2. The molecule has 0 bridgehead atoms. The van der Waals surface area contributed by atoms with Crippen molar-refractivity contribution in [1.29, 1.82) is 0 Å². The van der Waals surface area contributed by atoms with Gasteiger partial charge in [0.05, 0.1) is 11.6 Å². The van der Waals surface area contributed by atoms with Crippen molar-refractivity contribution in [3.05, 3.63) is 83.9 Å². The van der Waals surface area contributed by atoms with E-state index < -0.39 is 23.8 Å². The predicted molar refractivity (Wildman–Crippen MR) is 133 cm³/mol. The number of nitrogens with zero attached hydrogens (tertiary/aromatic N) is 1. The molecule has 3 rings (SSSR count). The van der Waals surface area contributed by atoms with E-state index in [0.717, 1.165) is 35.5 Å². The Hall–Kier alpha value is -3.81. The summed E-state index contributed by atoms with van der Waals surface area (Å²) >= 11 is 0. The quantitative estimate of drug-likeness (QED) is 0.352. The molecule has 0 fully saturated rings. The summed E-state index contributed by atoms with van der Waals surface area (Å²) in [5.74, 6) is 0. The van der Waals surface area contributed by atoms with Gasteiger partial charge in [-0.1, -0.05) is 36.4 Å². The van der Waals surface area contributed by atoms with E-state index in [1.165, 1.54) is 11.1 Å². The lowest BCUT2D eigenvalue weighted by molar-refractivity contribution is -0.137. The molecule has 3 aromatic rings. The lowest BCUT2D eigenvalue weighted by Crippen LogP contribution is -2.39. The van der Waals surface area contributed by atoms with Crippen LogP contribution in [0.2, 0.25) is 0 Å². The zero-order chi connectivity index (χ0) is 25.4. The summed E-state index contributed by atoms with van der Waals surface area (Å²) < 4.78 is 37.9. The van der Waals surface area contributed by atoms with Gasteiger partial charge in [-0.15, -0.1) is 0 Å². The first-order chi connectivity index (χ1) is 16.7. The van der Waals surface area contributed by atoms with Crippen molar-refractivity contribution in [1.82, 2.24) is 5.32 Å². The molecule has 0 aliphatic carbocycles. The van der Waals surface area contributed by atoms with Crippen LogP contribution in [-0.2, 0) is 11.0 Å². The van der Waals surface area contributed by atoms with Gasteiger partial charge in [0.25, 0.3) is 0 Å². The molecule has 0 spiro atoms. The number of amides is 2. The fraction of sp³-hybridized carbons (Fsp3) is 0.259. The molecule has 0 radical (unpaired) electrons. The number of benzene rings is 3. The zero-order valence-electron chi connectivity index (χ0n) is 19.6. The van der Waals surface area contributed by atoms with E-state index in [0.29, 0.717) is 25.7 Å². The van der Waals surface area contributed by atoms with Crippen LogP contribution in [0.5, 0.6) is 0 Å². The predicted octanol–water partition coefficient (Wildman–Crippen LogP) is 6.29. The Morgan fingerprint density at radius 2 is 1.66 bits per heavy atom. The fourth-order valence-corrected chi connectivity index (χ4v) is 3.72. The molecule has 0 saturated heterocycles. The highest BCUT2D eigenvalue weighted by atomic mass is 19.4. The Bertz CT molecular complexity index is 1130. The summed E-state index contributed by atoms with van der Waals surface area (Å²) in [6.07, 6.45) is -2.71. The Kier molecular flexibility index (Phi) is 8.52. The highest BCUT2D eigenvalue weighted by molar-refractivity contribution is 5.90. The van der Waals surface area contributed by atoms with Gasteiger partial charge in [0, 0.05) is 25.0 Å². The van der Waals surface area contributed by atoms with Crippen LogP contribution >= 0.6 is 0 Å². The maximum absolute atomic E-state index is 12.6. The van der Waals surface area contributed by atoms with E-state index in [-0.39, 0.29) is 5.69 Å². The Balaban J connectivity index is 1.46. The van der Waals surface area contributed by atoms with Gasteiger partial charge >= 0.3 is 12.2 Å². The van der Waals surface area contributed by atoms with Crippen molar-refractivity contribution < 1.29 is 22.8 Å². The molecule has 0 aromatic heterocycles. The second-order valence-electron chi connectivity index (χ2n) is 8.34. The third-order valence-corrected chi connectivity index (χ3v) is 5.72. The van der Waals surface area contributed by atoms with Crippen LogP contribution < -0.4 is 15.5 Å². The number of carbonyl (C=O) groups is 2. The van der Waals surface area contributed by atoms with Gasteiger partial charge in [0.1, 0.15) is 6.29 Å². The summed E-state index contributed by atoms with van der Waals surface area (Å²) in [7, 11) is 1.96. The minimum Gasteiger partial charge on any atom is -0.375 e. The molecule has 3 aromatic carbocycles. The number of aldehydes is 1. The average Bonchev–Trinajstić information content (AvgIpc) is 2.83. The normalized spacial score (nSPS) is 12.0. The molecule has 0 heterocycles. The number of anilines is 2. The lowest BCUT2D eigenvalue weighted by atomic mass is 10.0. The monoisotopic (exact) mass is 483 g/mol. The SMILES string of the molecule is Cc1ccccc1-c1ccc(N(C)CCCC(C=O)NC(=O)Nc2ccc(C(F)(F)F)cc2)cc1. The molecule has 0 aliphatic heterocycles. The highest BCUT2D eigenvalue weighted by Gasteiger charge is 2.30. The molecule has 2 N–H and O–H groups in total. The topological polar surface area (TPSA) is 61.4 Å². The van der Waals surface area contributed by atoms with E-state index >= 15 is 0 Å². The van der Waals surface area contributed by atoms with E-state index in [2.05, 4.69) is 58.9 Å². The molecule has 184 valence electrons. The number of carbonyl (C=O) groups excluding carboxylic acids is 2. The van der Waals surface area contributed by atoms with Crippen molar-refractivity contribution in [3.63, 3.8) is 0 Å². The van der Waals surface area contributed by atoms with Gasteiger partial charge in [0.2, 0.25) is 0 Å². The molecule has 0 saturated carbocycles. The van der Waals surface area contributed by atoms with Gasteiger partial charge in [-0.3, -0.25) is 0 Å². The Morgan fingerprint density at radius 3 is 2.26 bits per heavy atom. The van der Waals surface area contributed by atoms with Crippen LogP contribution in [0.25, 0.3) is 11.1 Å². The summed E-state index contributed by atoms with van der Waals surface area (Å²) in [5, 5.41) is 4.99. The van der Waals surface area contributed by atoms with Crippen LogP contribution in [0.4, 0.5) is 29.3 Å². The molecular weight excluding hydrogens is 455 g/mol. The summed E-state index contributed by atoms with van der Waals surface area (Å²) in [6, 6.07) is 19.2. The highest BCUT2D eigenvalue weighted by Crippen LogP contribution is 2.30. The molecule has 5 nitrogen and oxygen atoms in total. The molecule has 8 heteroatoms. The number of hydrogen-bond acceptors (Lipinski definition) is 3. The van der Waals surface area contributed by atoms with Gasteiger partial charge < -0.3 is 20.3 Å². The first kappa shape index (κ1) is 25.8. The van der Waals surface area contributed by atoms with Crippen LogP contribution in [0.1, 0.15) is 24.0 Å². The molecule has 1 unspecified atom stereocenters. The van der Waals surface area contributed by atoms with Crippen molar-refractivity contribution >= 4 is 23.7 Å². The maximum Gasteiger partial charge on any atom is 0.416 e. The van der Waals surface area contributed by atoms with Crippen LogP contribution in [0, 0.1) is 6.92 Å². The molecule has 0 aliphatic rings. The van der Waals surface area contributed by atoms with Crippen molar-refractivity contribution in [2.75, 3.05) is 23.8 Å². The third-order valence-electron chi connectivity index (χ3n) is 5.72. The first-order valence-electron chi connectivity index (χ1n) is 11.2. The number of hydrogen-bond donors (Lipinski definition) is 2. The van der Waals surface area contributed by atoms with Crippen molar-refractivity contribution in [2.45, 2.75) is 32.0 Å². The number of halogens is 3. The Labute approximate surface area is 203 Å². The number of alkyl halides is 3. The number of rotatable bonds is 9. The second-order valence-corrected chi connectivity index (χ2v) is 8.34. The van der Waals surface area contributed by atoms with Crippen molar-refractivity contribution in [3.8, 4) is 11.1 Å². The lowest BCUT2D eigenvalue weighted by Gasteiger charge is -2.21. The van der Waals surface area contributed by atoms with Gasteiger partial charge in [-0.05, 0) is 72.9 Å². The summed E-state index contributed by atoms with van der Waals surface area (Å²) in [6.45, 7) is 2.76. The molecule has 2 amide bonds. The standard InChI is InChI=1S/C27H28F3N3O2/c1-19-6-3-4-8-25(19)20-9-15-24(16-10-20)33(2)17-5-7-23(18-34)32-26(35)31-22-13-11-21(12-14-22)27(28,29)30/h3-4,6,8-16,18,23H,5,7,17H2,1-2H3,(H2,31,32,35). The Morgan fingerprint density at radius 1 is 1.00 bits per heavy atom. The molecule has 35 heavy (non-hydrogen) atoms. The van der Waals surface area contributed by atoms with Crippen LogP contribution in [0.15, 0.2) is 72.8 Å². The summed E-state index contributed by atoms with van der Waals surface area (Å²) in [4.78, 5) is 25.6. The third kappa shape index (κ3) is 7.34. The number of urea groups is 1. The van der Waals surface area contributed by atoms with Crippen molar-refractivity contribution in [2.24, 2.45) is 0 Å². The minimum absolute atomic E-state index is 0.203. The van der Waals surface area contributed by atoms with Gasteiger partial charge in [0.15, 0.2) is 0 Å². The zero-order valence-corrected chi connectivity index (χ0v) is 19.6. The first-order valence-corrected chi connectivity index (χ1v) is 11.2. The second kappa shape index (κ2) is 11.6. The van der Waals surface area contributed by atoms with Crippen LogP contribution in [0.3, 0.4) is 0 Å². The smallest absolute Gasteiger partial charge is 0.375 e. The maximum atomic E-state index is 12.6. The van der Waals surface area contributed by atoms with Gasteiger partial charge in [-0.25, -0.2) is 4.79 Å².